The number of carbonyl (C=O) groups excluding carboxylic acids is 1. The summed E-state index contributed by atoms with van der Waals surface area (Å²) in [7, 11) is 1.65. The van der Waals surface area contributed by atoms with Gasteiger partial charge in [-0.2, -0.15) is 0 Å². The highest BCUT2D eigenvalue weighted by Gasteiger charge is 2.40. The lowest BCUT2D eigenvalue weighted by Gasteiger charge is -2.44. The topological polar surface area (TPSA) is 60.9 Å². The quantitative estimate of drug-likeness (QED) is 0.833. The molecule has 3 rings (SSSR count). The molecule has 24 heavy (non-hydrogen) atoms. The lowest BCUT2D eigenvalue weighted by atomic mass is 9.90. The SMILES string of the molecule is COc1ccncc1C1=CC2COCC(C1)N2C(=O)OC(C)(C)C. The summed E-state index contributed by atoms with van der Waals surface area (Å²) >= 11 is 0. The Bertz CT molecular complexity index is 651. The van der Waals surface area contributed by atoms with Crippen molar-refractivity contribution < 1.29 is 19.0 Å². The Balaban J connectivity index is 1.89. The molecule has 0 radical (unpaired) electrons. The number of nitrogens with zero attached hydrogens (tertiary/aromatic N) is 2. The Morgan fingerprint density at radius 1 is 1.38 bits per heavy atom. The summed E-state index contributed by atoms with van der Waals surface area (Å²) in [5.41, 5.74) is 1.60. The highest BCUT2D eigenvalue weighted by Crippen LogP contribution is 2.36. The Morgan fingerprint density at radius 3 is 2.83 bits per heavy atom. The predicted octanol–water partition coefficient (Wildman–Crippen LogP) is 2.88. The van der Waals surface area contributed by atoms with Crippen LogP contribution in [0.3, 0.4) is 0 Å². The van der Waals surface area contributed by atoms with Crippen molar-refractivity contribution in [2.75, 3.05) is 20.3 Å². The minimum absolute atomic E-state index is 0.0384. The van der Waals surface area contributed by atoms with Crippen LogP contribution in [0, 0.1) is 0 Å². The van der Waals surface area contributed by atoms with E-state index >= 15 is 0 Å². The molecule has 1 fully saturated rings. The smallest absolute Gasteiger partial charge is 0.411 e. The molecule has 0 spiro atoms. The van der Waals surface area contributed by atoms with Crippen molar-refractivity contribution in [3.63, 3.8) is 0 Å². The lowest BCUT2D eigenvalue weighted by Crippen LogP contribution is -2.57. The molecular weight excluding hydrogens is 308 g/mol. The monoisotopic (exact) mass is 332 g/mol. The van der Waals surface area contributed by atoms with Gasteiger partial charge in [0.15, 0.2) is 0 Å². The van der Waals surface area contributed by atoms with Crippen LogP contribution in [0.25, 0.3) is 5.57 Å². The summed E-state index contributed by atoms with van der Waals surface area (Å²) in [5.74, 6) is 0.793. The van der Waals surface area contributed by atoms with Crippen LogP contribution in [-0.2, 0) is 9.47 Å². The number of morpholine rings is 1. The first kappa shape index (κ1) is 16.8. The number of carbonyl (C=O) groups is 1. The number of rotatable bonds is 2. The zero-order valence-corrected chi connectivity index (χ0v) is 14.6. The van der Waals surface area contributed by atoms with E-state index in [0.29, 0.717) is 19.6 Å². The van der Waals surface area contributed by atoms with E-state index < -0.39 is 5.60 Å². The number of aromatic nitrogens is 1. The minimum Gasteiger partial charge on any atom is -0.496 e. The molecule has 2 bridgehead atoms. The molecule has 2 unspecified atom stereocenters. The first-order chi connectivity index (χ1) is 11.4. The van der Waals surface area contributed by atoms with Crippen molar-refractivity contribution in [1.29, 1.82) is 0 Å². The molecule has 1 saturated heterocycles. The number of methoxy groups -OCH3 is 1. The average molecular weight is 332 g/mol. The van der Waals surface area contributed by atoms with Gasteiger partial charge >= 0.3 is 6.09 Å². The molecule has 130 valence electrons. The van der Waals surface area contributed by atoms with Crippen LogP contribution in [0.4, 0.5) is 4.79 Å². The van der Waals surface area contributed by atoms with Crippen LogP contribution < -0.4 is 4.74 Å². The summed E-state index contributed by atoms with van der Waals surface area (Å²) in [6, 6.07) is 1.68. The second-order valence-electron chi connectivity index (χ2n) is 7.12. The summed E-state index contributed by atoms with van der Waals surface area (Å²) in [5, 5.41) is 0. The molecule has 0 aliphatic carbocycles. The number of amides is 1. The first-order valence-corrected chi connectivity index (χ1v) is 8.17. The van der Waals surface area contributed by atoms with E-state index in [4.69, 9.17) is 14.2 Å². The molecule has 0 saturated carbocycles. The van der Waals surface area contributed by atoms with Gasteiger partial charge in [-0.3, -0.25) is 9.88 Å². The van der Waals surface area contributed by atoms with Gasteiger partial charge in [0.25, 0.3) is 0 Å². The van der Waals surface area contributed by atoms with E-state index in [9.17, 15) is 4.79 Å². The molecular formula is C18H24N2O4. The molecule has 6 heteroatoms. The standard InChI is InChI=1S/C18H24N2O4/c1-18(2,3)24-17(21)20-13-7-12(8-14(20)11-23-10-13)15-9-19-6-5-16(15)22-4/h5-7,9,13-14H,8,10-11H2,1-4H3. The molecule has 2 aliphatic rings. The molecule has 2 atom stereocenters. The van der Waals surface area contributed by atoms with Gasteiger partial charge in [-0.15, -0.1) is 0 Å². The molecule has 3 heterocycles. The van der Waals surface area contributed by atoms with Gasteiger partial charge in [0.1, 0.15) is 11.4 Å². The van der Waals surface area contributed by atoms with Crippen molar-refractivity contribution in [3.05, 3.63) is 30.1 Å². The van der Waals surface area contributed by atoms with Gasteiger partial charge < -0.3 is 14.2 Å². The van der Waals surface area contributed by atoms with Crippen molar-refractivity contribution in [1.82, 2.24) is 9.88 Å². The van der Waals surface area contributed by atoms with Crippen LogP contribution in [0.15, 0.2) is 24.5 Å². The van der Waals surface area contributed by atoms with E-state index in [1.54, 1.807) is 18.2 Å². The van der Waals surface area contributed by atoms with Crippen molar-refractivity contribution >= 4 is 11.7 Å². The number of pyridine rings is 1. The average Bonchev–Trinajstić information content (AvgIpc) is 2.52. The van der Waals surface area contributed by atoms with Crippen LogP contribution in [0.2, 0.25) is 0 Å². The van der Waals surface area contributed by atoms with E-state index in [0.717, 1.165) is 16.9 Å². The summed E-state index contributed by atoms with van der Waals surface area (Å²) < 4.78 is 16.7. The maximum absolute atomic E-state index is 12.6. The molecule has 0 N–H and O–H groups in total. The highest BCUT2D eigenvalue weighted by molar-refractivity contribution is 5.76. The molecule has 1 amide bonds. The Morgan fingerprint density at radius 2 is 2.17 bits per heavy atom. The summed E-state index contributed by atoms with van der Waals surface area (Å²) in [4.78, 5) is 18.6. The number of fused-ring (bicyclic) bond motifs is 2. The fourth-order valence-corrected chi connectivity index (χ4v) is 3.20. The Hall–Kier alpha value is -2.08. The van der Waals surface area contributed by atoms with Gasteiger partial charge in [0.2, 0.25) is 0 Å². The van der Waals surface area contributed by atoms with E-state index in [1.807, 2.05) is 33.0 Å². The second-order valence-corrected chi connectivity index (χ2v) is 7.12. The van der Waals surface area contributed by atoms with Crippen LogP contribution in [0.1, 0.15) is 32.8 Å². The number of hydrogen-bond acceptors (Lipinski definition) is 5. The molecule has 1 aromatic heterocycles. The zero-order valence-electron chi connectivity index (χ0n) is 14.6. The Labute approximate surface area is 142 Å². The third-order valence-corrected chi connectivity index (χ3v) is 4.15. The second kappa shape index (κ2) is 6.43. The predicted molar refractivity (Wildman–Crippen MR) is 89.9 cm³/mol. The minimum atomic E-state index is -0.511. The molecule has 2 aliphatic heterocycles. The fraction of sp³-hybridized carbons (Fsp3) is 0.556. The molecule has 1 aromatic rings. The third-order valence-electron chi connectivity index (χ3n) is 4.15. The van der Waals surface area contributed by atoms with Crippen molar-refractivity contribution in [3.8, 4) is 5.75 Å². The Kier molecular flexibility index (Phi) is 4.49. The zero-order chi connectivity index (χ0) is 17.3. The van der Waals surface area contributed by atoms with Crippen LogP contribution in [-0.4, -0.2) is 54.0 Å². The maximum Gasteiger partial charge on any atom is 0.411 e. The summed E-state index contributed by atoms with van der Waals surface area (Å²) in [6.45, 7) is 6.62. The maximum atomic E-state index is 12.6. The van der Waals surface area contributed by atoms with Crippen LogP contribution >= 0.6 is 0 Å². The van der Waals surface area contributed by atoms with E-state index in [1.165, 1.54) is 0 Å². The normalized spacial score (nSPS) is 23.5. The molecule has 6 nitrogen and oxygen atoms in total. The summed E-state index contributed by atoms with van der Waals surface area (Å²) in [6.07, 6.45) is 6.00. The van der Waals surface area contributed by atoms with Crippen molar-refractivity contribution in [2.45, 2.75) is 44.9 Å². The van der Waals surface area contributed by atoms with E-state index in [2.05, 4.69) is 11.1 Å². The van der Waals surface area contributed by atoms with Crippen LogP contribution in [0.5, 0.6) is 5.75 Å². The van der Waals surface area contributed by atoms with Gasteiger partial charge in [-0.25, -0.2) is 4.79 Å². The third kappa shape index (κ3) is 3.38. The first-order valence-electron chi connectivity index (χ1n) is 8.17. The fourth-order valence-electron chi connectivity index (χ4n) is 3.20. The van der Waals surface area contributed by atoms with Gasteiger partial charge in [-0.1, -0.05) is 6.08 Å². The highest BCUT2D eigenvalue weighted by atomic mass is 16.6. The van der Waals surface area contributed by atoms with Crippen molar-refractivity contribution in [2.24, 2.45) is 0 Å². The van der Waals surface area contributed by atoms with Gasteiger partial charge in [-0.05, 0) is 38.8 Å². The van der Waals surface area contributed by atoms with Gasteiger partial charge in [0.05, 0.1) is 32.4 Å². The van der Waals surface area contributed by atoms with E-state index in [-0.39, 0.29) is 18.2 Å². The largest absolute Gasteiger partial charge is 0.496 e. The number of hydrogen-bond donors (Lipinski definition) is 0. The lowest BCUT2D eigenvalue weighted by molar-refractivity contribution is -0.0510. The molecule has 0 aromatic carbocycles. The van der Waals surface area contributed by atoms with Gasteiger partial charge in [0, 0.05) is 18.0 Å². The number of ether oxygens (including phenoxy) is 3.